The number of hydrogen-bond donors (Lipinski definition) is 4. The highest BCUT2D eigenvalue weighted by Gasteiger charge is 2.25. The van der Waals surface area contributed by atoms with Crippen LogP contribution in [0.4, 0.5) is 0 Å². The zero-order chi connectivity index (χ0) is 14.9. The molecule has 16 heavy (non-hydrogen) atoms. The van der Waals surface area contributed by atoms with E-state index in [-0.39, 0.29) is 0 Å². The molecule has 0 aliphatic heterocycles. The quantitative estimate of drug-likeness (QED) is 0.416. The number of esters is 1. The molecule has 1 aromatic carbocycles. The van der Waals surface area contributed by atoms with Crippen LogP contribution in [0.25, 0.3) is 0 Å². The molecule has 0 amide bonds. The molecule has 0 aliphatic carbocycles. The number of methoxy groups -OCH3 is 1. The van der Waals surface area contributed by atoms with Gasteiger partial charge in [0.15, 0.2) is 11.5 Å². The number of carbonyl (C=O) groups excluding carboxylic acids is 1. The molecule has 5 N–H and O–H groups in total. The van der Waals surface area contributed by atoms with Gasteiger partial charge in [0.2, 0.25) is 0 Å². The molecule has 1 rings (SSSR count). The van der Waals surface area contributed by atoms with Crippen molar-refractivity contribution in [2.75, 3.05) is 7.11 Å². The van der Waals surface area contributed by atoms with Crippen molar-refractivity contribution >= 4 is 5.97 Å². The van der Waals surface area contributed by atoms with E-state index in [1.54, 1.807) is 0 Å². The maximum absolute atomic E-state index is 11.2. The molecule has 0 radical (unpaired) electrons. The molecule has 0 saturated carbocycles. The van der Waals surface area contributed by atoms with E-state index in [2.05, 4.69) is 4.74 Å². The predicted molar refractivity (Wildman–Crippen MR) is 54.7 cm³/mol. The van der Waals surface area contributed by atoms with Crippen LogP contribution in [0.15, 0.2) is 18.1 Å². The van der Waals surface area contributed by atoms with E-state index in [0.29, 0.717) is 0 Å². The molecule has 6 nitrogen and oxygen atoms in total. The Morgan fingerprint density at radius 1 is 1.50 bits per heavy atom. The Bertz CT molecular complexity index is 493. The summed E-state index contributed by atoms with van der Waals surface area (Å²) in [5, 5.41) is 28.5. The van der Waals surface area contributed by atoms with Crippen LogP contribution in [-0.4, -0.2) is 34.4 Å². The van der Waals surface area contributed by atoms with Gasteiger partial charge in [0.1, 0.15) is 12.1 Å². The number of aliphatic hydroxyl groups excluding tert-OH is 1. The first kappa shape index (κ1) is 8.37. The normalized spacial score (nSPS) is 16.8. The summed E-state index contributed by atoms with van der Waals surface area (Å²) in [5.41, 5.74) is 4.85. The number of phenols is 2. The molecule has 1 aromatic rings. The highest BCUT2D eigenvalue weighted by Crippen LogP contribution is 2.28. The molecule has 0 heterocycles. The van der Waals surface area contributed by atoms with Crippen molar-refractivity contribution in [3.8, 4) is 11.5 Å². The predicted octanol–water partition coefficient (Wildman–Crippen LogP) is -0.369. The summed E-state index contributed by atoms with van der Waals surface area (Å²) in [6, 6.07) is -3.83. The van der Waals surface area contributed by atoms with Crippen LogP contribution in [0.2, 0.25) is 0 Å². The minimum Gasteiger partial charge on any atom is -0.504 e. The van der Waals surface area contributed by atoms with Gasteiger partial charge in [-0.05, 0) is 17.6 Å². The van der Waals surface area contributed by atoms with Gasteiger partial charge in [-0.3, -0.25) is 4.79 Å². The molecular weight excluding hydrogens is 214 g/mol. The molecule has 0 bridgehead atoms. The maximum Gasteiger partial charge on any atom is 0.325 e. The molecule has 0 aromatic heterocycles. The van der Waals surface area contributed by atoms with E-state index < -0.39 is 53.3 Å². The first-order chi connectivity index (χ1) is 8.73. The number of rotatable bonds is 3. The van der Waals surface area contributed by atoms with E-state index in [4.69, 9.17) is 9.85 Å². The third kappa shape index (κ3) is 2.41. The average Bonchev–Trinajstić information content (AvgIpc) is 2.41. The fourth-order valence-electron chi connectivity index (χ4n) is 0.996. The van der Waals surface area contributed by atoms with Gasteiger partial charge in [0.25, 0.3) is 0 Å². The zero-order valence-electron chi connectivity index (χ0n) is 11.4. The van der Waals surface area contributed by atoms with Gasteiger partial charge in [-0.1, -0.05) is 6.04 Å². The Morgan fingerprint density at radius 2 is 2.12 bits per heavy atom. The van der Waals surface area contributed by atoms with Crippen molar-refractivity contribution in [1.82, 2.24) is 0 Å². The molecule has 0 fully saturated rings. The molecule has 0 saturated heterocycles. The summed E-state index contributed by atoms with van der Waals surface area (Å²) in [6.07, 6.45) is -1.82. The third-order valence-corrected chi connectivity index (χ3v) is 1.90. The lowest BCUT2D eigenvalue weighted by Crippen LogP contribution is -2.37. The fourth-order valence-corrected chi connectivity index (χ4v) is 0.996. The summed E-state index contributed by atoms with van der Waals surface area (Å²) in [5.74, 6) is -2.89. The van der Waals surface area contributed by atoms with Gasteiger partial charge in [-0.15, -0.1) is 0 Å². The van der Waals surface area contributed by atoms with Crippen LogP contribution in [0.5, 0.6) is 11.5 Å². The van der Waals surface area contributed by atoms with E-state index in [1.165, 1.54) is 0 Å². The Hall–Kier alpha value is -1.79. The number of nitrogens with two attached hydrogens (primary N) is 1. The van der Waals surface area contributed by atoms with Crippen LogP contribution in [0.3, 0.4) is 0 Å². The van der Waals surface area contributed by atoms with E-state index in [1.807, 2.05) is 0 Å². The number of carbonyl (C=O) groups is 1. The Balaban J connectivity index is 3.39. The lowest BCUT2D eigenvalue weighted by atomic mass is 10.0. The maximum atomic E-state index is 11.2. The minimum atomic E-state index is -1.82. The first-order valence-electron chi connectivity index (χ1n) is 5.77. The van der Waals surface area contributed by atoms with Crippen LogP contribution in [0, 0.1) is 0 Å². The lowest BCUT2D eigenvalue weighted by molar-refractivity contribution is -0.145. The summed E-state index contributed by atoms with van der Waals surface area (Å²) in [6.45, 7) is 0. The van der Waals surface area contributed by atoms with Gasteiger partial charge < -0.3 is 25.8 Å². The van der Waals surface area contributed by atoms with Crippen LogP contribution < -0.4 is 5.73 Å². The van der Waals surface area contributed by atoms with Crippen molar-refractivity contribution < 1.29 is 29.0 Å². The highest BCUT2D eigenvalue weighted by atomic mass is 16.5. The molecule has 0 aliphatic rings. The lowest BCUT2D eigenvalue weighted by Gasteiger charge is -2.17. The fraction of sp³-hybridized carbons (Fsp3) is 0.300. The Morgan fingerprint density at radius 3 is 2.69 bits per heavy atom. The van der Waals surface area contributed by atoms with Crippen molar-refractivity contribution in [2.45, 2.75) is 12.1 Å². The summed E-state index contributed by atoms with van der Waals surface area (Å²) >= 11 is 0. The van der Waals surface area contributed by atoms with E-state index in [9.17, 15) is 20.1 Å². The van der Waals surface area contributed by atoms with Crippen molar-refractivity contribution in [1.29, 1.82) is 0 Å². The number of aliphatic hydroxyl groups is 1. The van der Waals surface area contributed by atoms with Gasteiger partial charge in [0.05, 0.1) is 11.2 Å². The highest BCUT2D eigenvalue weighted by molar-refractivity contribution is 5.76. The third-order valence-electron chi connectivity index (χ3n) is 1.90. The molecular formula is C10H13NO5. The molecule has 2 atom stereocenters. The minimum absolute atomic E-state index is 0.529. The van der Waals surface area contributed by atoms with E-state index >= 15 is 0 Å². The zero-order valence-corrected chi connectivity index (χ0v) is 8.39. The molecule has 0 unspecified atom stereocenters. The summed E-state index contributed by atoms with van der Waals surface area (Å²) in [7, 11) is 1.04. The summed E-state index contributed by atoms with van der Waals surface area (Å²) in [4.78, 5) is 11.2. The van der Waals surface area contributed by atoms with Gasteiger partial charge >= 0.3 is 5.97 Å². The number of phenolic OH excluding ortho intramolecular Hbond substituents is 2. The van der Waals surface area contributed by atoms with Crippen molar-refractivity contribution in [3.63, 3.8) is 0 Å². The van der Waals surface area contributed by atoms with Gasteiger partial charge in [0, 0.05) is 0 Å². The first-order valence-corrected chi connectivity index (χ1v) is 4.27. The molecule has 88 valence electrons. The van der Waals surface area contributed by atoms with Crippen LogP contribution in [-0.2, 0) is 9.53 Å². The second kappa shape index (κ2) is 4.82. The Kier molecular flexibility index (Phi) is 2.52. The molecule has 0 spiro atoms. The number of benzene rings is 1. The average molecular weight is 230 g/mol. The van der Waals surface area contributed by atoms with E-state index in [0.717, 1.165) is 7.11 Å². The molecule has 6 heteroatoms. The SMILES string of the molecule is [2H]c1c([2H])c([C@@H](O)[C@@H](N)C(=O)OC)c([2H])c(O)c1O. The topological polar surface area (TPSA) is 113 Å². The van der Waals surface area contributed by atoms with Crippen molar-refractivity contribution in [2.24, 2.45) is 5.73 Å². The van der Waals surface area contributed by atoms with Crippen LogP contribution in [0.1, 0.15) is 15.8 Å². The van der Waals surface area contributed by atoms with Crippen LogP contribution >= 0.6 is 0 Å². The second-order valence-electron chi connectivity index (χ2n) is 2.98. The monoisotopic (exact) mass is 230 g/mol. The Labute approximate surface area is 96.1 Å². The standard InChI is InChI=1S/C10H13NO5/c1-16-10(15)8(11)9(14)5-2-3-6(12)7(13)4-5/h2-4,8-9,12-14H,11H2,1H3/t8-,9-/m1/s1/i2D,3D,4D. The van der Waals surface area contributed by atoms with Crippen molar-refractivity contribution in [3.05, 3.63) is 23.7 Å². The number of hydrogen-bond acceptors (Lipinski definition) is 6. The number of aromatic hydroxyl groups is 2. The second-order valence-corrected chi connectivity index (χ2v) is 2.98. The van der Waals surface area contributed by atoms with Gasteiger partial charge in [-0.25, -0.2) is 0 Å². The smallest absolute Gasteiger partial charge is 0.325 e. The largest absolute Gasteiger partial charge is 0.504 e. The van der Waals surface area contributed by atoms with Gasteiger partial charge in [-0.2, -0.15) is 0 Å². The number of ether oxygens (including phenoxy) is 1. The summed E-state index contributed by atoms with van der Waals surface area (Å²) < 4.78 is 26.7.